The van der Waals surface area contributed by atoms with E-state index in [2.05, 4.69) is 20.1 Å². The molecular formula is C28H43N3O4S. The molecule has 3 unspecified atom stereocenters. The first-order chi connectivity index (χ1) is 17.3. The van der Waals surface area contributed by atoms with E-state index in [0.717, 1.165) is 32.1 Å². The Bertz CT molecular complexity index is 875. The van der Waals surface area contributed by atoms with Crippen molar-refractivity contribution >= 4 is 29.5 Å². The molecule has 36 heavy (non-hydrogen) atoms. The number of nitrogens with zero attached hydrogens (tertiary/aromatic N) is 3. The summed E-state index contributed by atoms with van der Waals surface area (Å²) < 4.78 is -0.596. The van der Waals surface area contributed by atoms with Crippen LogP contribution in [-0.2, 0) is 14.4 Å². The van der Waals surface area contributed by atoms with Crippen LogP contribution in [0.5, 0.6) is 0 Å². The Kier molecular flexibility index (Phi) is 8.55. The molecule has 8 heteroatoms. The van der Waals surface area contributed by atoms with Crippen LogP contribution in [0.1, 0.15) is 58.3 Å². The predicted molar refractivity (Wildman–Crippen MR) is 143 cm³/mol. The number of thioether (sulfide) groups is 1. The van der Waals surface area contributed by atoms with Crippen molar-refractivity contribution in [1.29, 1.82) is 0 Å². The van der Waals surface area contributed by atoms with E-state index in [4.69, 9.17) is 0 Å². The van der Waals surface area contributed by atoms with Gasteiger partial charge in [-0.15, -0.1) is 24.9 Å². The minimum Gasteiger partial charge on any atom is -0.396 e. The Morgan fingerprint density at radius 3 is 2.47 bits per heavy atom. The highest BCUT2D eigenvalue weighted by molar-refractivity contribution is 8.02. The molecule has 0 radical (unpaired) electrons. The van der Waals surface area contributed by atoms with Gasteiger partial charge in [0.05, 0.1) is 16.6 Å². The van der Waals surface area contributed by atoms with Gasteiger partial charge in [-0.1, -0.05) is 38.3 Å². The van der Waals surface area contributed by atoms with Gasteiger partial charge in [0.1, 0.15) is 6.04 Å². The van der Waals surface area contributed by atoms with Crippen LogP contribution in [0.25, 0.3) is 0 Å². The molecule has 2 bridgehead atoms. The van der Waals surface area contributed by atoms with Crippen molar-refractivity contribution in [3.05, 3.63) is 25.3 Å². The van der Waals surface area contributed by atoms with E-state index in [1.807, 2.05) is 4.90 Å². The zero-order chi connectivity index (χ0) is 26.0. The number of hydrogen-bond acceptors (Lipinski definition) is 5. The Morgan fingerprint density at radius 2 is 1.83 bits per heavy atom. The molecule has 3 aliphatic heterocycles. The van der Waals surface area contributed by atoms with Gasteiger partial charge >= 0.3 is 0 Å². The molecule has 4 rings (SSSR count). The van der Waals surface area contributed by atoms with Gasteiger partial charge in [0.2, 0.25) is 17.7 Å². The van der Waals surface area contributed by atoms with Gasteiger partial charge in [-0.25, -0.2) is 0 Å². The molecule has 4 aliphatic rings. The number of aliphatic hydroxyl groups is 1. The average molecular weight is 518 g/mol. The van der Waals surface area contributed by atoms with Crippen LogP contribution in [0.2, 0.25) is 0 Å². The molecule has 1 aliphatic carbocycles. The van der Waals surface area contributed by atoms with E-state index in [-0.39, 0.29) is 41.5 Å². The second kappa shape index (κ2) is 11.3. The molecule has 7 nitrogen and oxygen atoms in total. The Labute approximate surface area is 220 Å². The van der Waals surface area contributed by atoms with Crippen molar-refractivity contribution in [2.24, 2.45) is 17.8 Å². The fourth-order valence-electron chi connectivity index (χ4n) is 7.36. The molecular weight excluding hydrogens is 474 g/mol. The third kappa shape index (κ3) is 4.42. The van der Waals surface area contributed by atoms with E-state index < -0.39 is 22.6 Å². The molecule has 200 valence electrons. The topological polar surface area (TPSA) is 81.2 Å². The van der Waals surface area contributed by atoms with Crippen LogP contribution < -0.4 is 0 Å². The van der Waals surface area contributed by atoms with Crippen molar-refractivity contribution in [3.8, 4) is 0 Å². The summed E-state index contributed by atoms with van der Waals surface area (Å²) in [6, 6.07) is -0.410. The van der Waals surface area contributed by atoms with Crippen LogP contribution in [0.3, 0.4) is 0 Å². The first kappa shape index (κ1) is 27.2. The maximum Gasteiger partial charge on any atom is 0.247 e. The maximum absolute atomic E-state index is 14.5. The van der Waals surface area contributed by atoms with Gasteiger partial charge in [-0.05, 0) is 38.0 Å². The van der Waals surface area contributed by atoms with Crippen molar-refractivity contribution in [2.75, 3.05) is 33.3 Å². The third-order valence-corrected chi connectivity index (χ3v) is 11.1. The van der Waals surface area contributed by atoms with E-state index in [9.17, 15) is 19.5 Å². The summed E-state index contributed by atoms with van der Waals surface area (Å²) in [5, 5.41) is 9.44. The molecule has 6 atom stereocenters. The third-order valence-electron chi connectivity index (χ3n) is 8.98. The lowest BCUT2D eigenvalue weighted by Gasteiger charge is -2.43. The van der Waals surface area contributed by atoms with E-state index >= 15 is 0 Å². The lowest BCUT2D eigenvalue weighted by Crippen LogP contribution is -2.59. The molecule has 0 aromatic heterocycles. The molecule has 4 fully saturated rings. The summed E-state index contributed by atoms with van der Waals surface area (Å²) in [5.74, 6) is -0.794. The van der Waals surface area contributed by atoms with Crippen molar-refractivity contribution in [3.63, 3.8) is 0 Å². The fraction of sp³-hybridized carbons (Fsp3) is 0.750. The van der Waals surface area contributed by atoms with Crippen LogP contribution >= 0.6 is 11.8 Å². The van der Waals surface area contributed by atoms with Gasteiger partial charge in [0.15, 0.2) is 0 Å². The van der Waals surface area contributed by atoms with Gasteiger partial charge in [0.25, 0.3) is 0 Å². The summed E-state index contributed by atoms with van der Waals surface area (Å²) in [6.07, 6.45) is 11.0. The zero-order valence-electron chi connectivity index (χ0n) is 21.9. The summed E-state index contributed by atoms with van der Waals surface area (Å²) in [7, 11) is 1.77. The smallest absolute Gasteiger partial charge is 0.247 e. The number of fused-ring (bicyclic) bond motifs is 1. The normalized spacial score (nSPS) is 33.5. The largest absolute Gasteiger partial charge is 0.396 e. The van der Waals surface area contributed by atoms with Gasteiger partial charge < -0.3 is 19.8 Å². The number of likely N-dealkylation sites (tertiary alicyclic amines) is 1. The molecule has 1 saturated carbocycles. The molecule has 3 heterocycles. The van der Waals surface area contributed by atoms with E-state index in [0.29, 0.717) is 32.5 Å². The number of carbonyl (C=O) groups excluding carboxylic acids is 3. The van der Waals surface area contributed by atoms with Crippen molar-refractivity contribution in [1.82, 2.24) is 14.7 Å². The first-order valence-corrected chi connectivity index (χ1v) is 14.6. The Hall–Kier alpha value is -1.80. The monoisotopic (exact) mass is 517 g/mol. The molecule has 0 aromatic carbocycles. The molecule has 3 saturated heterocycles. The predicted octanol–water partition coefficient (Wildman–Crippen LogP) is 3.09. The lowest BCUT2D eigenvalue weighted by molar-refractivity contribution is -0.145. The minimum absolute atomic E-state index is 0.0156. The summed E-state index contributed by atoms with van der Waals surface area (Å²) in [5.41, 5.74) is 0. The van der Waals surface area contributed by atoms with Gasteiger partial charge in [0, 0.05) is 44.6 Å². The number of aliphatic hydroxyl groups excluding tert-OH is 1. The first-order valence-electron chi connectivity index (χ1n) is 13.7. The summed E-state index contributed by atoms with van der Waals surface area (Å²) in [4.78, 5) is 47.7. The molecule has 3 amide bonds. The highest BCUT2D eigenvalue weighted by Crippen LogP contribution is 2.69. The molecule has 1 N–H and O–H groups in total. The van der Waals surface area contributed by atoms with Crippen LogP contribution in [0.4, 0.5) is 0 Å². The number of amides is 3. The average Bonchev–Trinajstić information content (AvgIpc) is 3.46. The minimum atomic E-state index is -0.596. The zero-order valence-corrected chi connectivity index (χ0v) is 22.8. The summed E-state index contributed by atoms with van der Waals surface area (Å²) >= 11 is 1.74. The number of carbonyl (C=O) groups is 3. The van der Waals surface area contributed by atoms with Gasteiger partial charge in [-0.2, -0.15) is 0 Å². The maximum atomic E-state index is 14.5. The van der Waals surface area contributed by atoms with Crippen LogP contribution in [0.15, 0.2) is 25.3 Å². The lowest BCUT2D eigenvalue weighted by atomic mass is 9.65. The highest BCUT2D eigenvalue weighted by atomic mass is 32.2. The fourth-order valence-corrected chi connectivity index (χ4v) is 9.77. The van der Waals surface area contributed by atoms with Crippen LogP contribution in [-0.4, -0.2) is 92.9 Å². The SMILES string of the molecule is C=CCN(C)C(=O)[C@@H]1[C@@H]2CC(C)C3(S2)C(C(=O)N(CC=C)C2CCCCC2)N(CCCCO)C(=O)[C@H]13. The van der Waals surface area contributed by atoms with Crippen molar-refractivity contribution in [2.45, 2.75) is 80.4 Å². The number of unbranched alkanes of at least 4 members (excludes halogenated alkanes) is 1. The van der Waals surface area contributed by atoms with E-state index in [1.165, 1.54) is 6.42 Å². The van der Waals surface area contributed by atoms with E-state index in [1.54, 1.807) is 40.8 Å². The number of hydrogen-bond donors (Lipinski definition) is 1. The standard InChI is InChI=1S/C28H43N3O4S/c1-5-14-29(4)25(33)22-21-18-19(3)28(36-21)23(22)26(34)31(16-10-11-17-32)24(28)27(35)30(15-6-2)20-12-8-7-9-13-20/h5-6,19-24,32H,1-2,7-18H2,3-4H3/t19?,21-,22+,23-,24?,28?/m0/s1. The van der Waals surface area contributed by atoms with Crippen molar-refractivity contribution < 1.29 is 19.5 Å². The quantitative estimate of drug-likeness (QED) is 0.337. The highest BCUT2D eigenvalue weighted by Gasteiger charge is 2.76. The Morgan fingerprint density at radius 1 is 1.14 bits per heavy atom. The molecule has 0 aromatic rings. The second-order valence-corrected chi connectivity index (χ2v) is 12.6. The number of likely N-dealkylation sites (N-methyl/N-ethyl adjacent to an activating group) is 1. The Balaban J connectivity index is 1.73. The second-order valence-electron chi connectivity index (χ2n) is 11.1. The molecule has 1 spiro atoms. The number of rotatable bonds is 11. The van der Waals surface area contributed by atoms with Crippen LogP contribution in [0, 0.1) is 17.8 Å². The van der Waals surface area contributed by atoms with Gasteiger partial charge in [-0.3, -0.25) is 14.4 Å². The summed E-state index contributed by atoms with van der Waals surface area (Å²) in [6.45, 7) is 11.3.